The molecule has 1 amide bonds. The number of anilines is 1. The molecule has 1 heterocycles. The van der Waals surface area contributed by atoms with Crippen LogP contribution in [0.15, 0.2) is 58.2 Å². The minimum atomic E-state index is -3.66. The van der Waals surface area contributed by atoms with Crippen molar-refractivity contribution in [3.63, 3.8) is 0 Å². The highest BCUT2D eigenvalue weighted by Gasteiger charge is 2.42. The number of sulfonamides is 1. The summed E-state index contributed by atoms with van der Waals surface area (Å²) in [5, 5.41) is 10.8. The second kappa shape index (κ2) is 8.92. The molecular weight excluding hydrogens is 454 g/mol. The van der Waals surface area contributed by atoms with Crippen molar-refractivity contribution in [1.29, 1.82) is 0 Å². The lowest BCUT2D eigenvalue weighted by atomic mass is 9.84. The number of carbonyl (C=O) groups is 1. The molecule has 2 saturated carbocycles. The Morgan fingerprint density at radius 3 is 2.59 bits per heavy atom. The van der Waals surface area contributed by atoms with Crippen LogP contribution in [0.5, 0.6) is 0 Å². The summed E-state index contributed by atoms with van der Waals surface area (Å²) in [5.74, 6) is 1.31. The zero-order valence-corrected chi connectivity index (χ0v) is 19.7. The molecule has 9 nitrogen and oxygen atoms in total. The second-order valence-corrected chi connectivity index (χ2v) is 11.1. The predicted octanol–water partition coefficient (Wildman–Crippen LogP) is 2.53. The molecule has 0 unspecified atom stereocenters. The molecule has 178 valence electrons. The Morgan fingerprint density at radius 1 is 1.12 bits per heavy atom. The van der Waals surface area contributed by atoms with Crippen molar-refractivity contribution in [3.8, 4) is 0 Å². The van der Waals surface area contributed by atoms with Gasteiger partial charge in [-0.05, 0) is 80.3 Å². The molecule has 1 aromatic heterocycles. The third-order valence-electron chi connectivity index (χ3n) is 7.15. The quantitative estimate of drug-likeness (QED) is 0.535. The predicted molar refractivity (Wildman–Crippen MR) is 128 cm³/mol. The van der Waals surface area contributed by atoms with Gasteiger partial charge in [0.1, 0.15) is 12.1 Å². The Morgan fingerprint density at radius 2 is 1.88 bits per heavy atom. The molecule has 3 aromatic rings. The van der Waals surface area contributed by atoms with Crippen LogP contribution in [0, 0.1) is 17.8 Å². The zero-order chi connectivity index (χ0) is 23.9. The second-order valence-electron chi connectivity index (χ2n) is 9.39. The van der Waals surface area contributed by atoms with E-state index in [0.29, 0.717) is 28.4 Å². The number of hydrogen-bond acceptors (Lipinski definition) is 6. The summed E-state index contributed by atoms with van der Waals surface area (Å²) in [6, 6.07) is 12.7. The first-order valence-corrected chi connectivity index (χ1v) is 13.0. The lowest BCUT2D eigenvalue weighted by Gasteiger charge is -2.28. The number of carbonyl (C=O) groups excluding carboxylic acids is 1. The van der Waals surface area contributed by atoms with Crippen molar-refractivity contribution in [1.82, 2.24) is 19.7 Å². The summed E-state index contributed by atoms with van der Waals surface area (Å²) in [6.45, 7) is 1.65. The molecular formula is C24H27N5O4S. The average molecular weight is 482 g/mol. The van der Waals surface area contributed by atoms with E-state index in [1.165, 1.54) is 43.5 Å². The van der Waals surface area contributed by atoms with Crippen molar-refractivity contribution >= 4 is 32.5 Å². The minimum Gasteiger partial charge on any atom is -0.324 e. The maximum Gasteiger partial charge on any atom is 0.278 e. The van der Waals surface area contributed by atoms with Crippen LogP contribution in [0.2, 0.25) is 0 Å². The monoisotopic (exact) mass is 481 g/mol. The van der Waals surface area contributed by atoms with E-state index in [1.807, 2.05) is 6.92 Å². The van der Waals surface area contributed by atoms with Gasteiger partial charge < -0.3 is 5.32 Å². The maximum absolute atomic E-state index is 12.9. The Balaban J connectivity index is 1.22. The Bertz CT molecular complexity index is 1390. The Labute approximate surface area is 197 Å². The molecule has 2 aromatic carbocycles. The fraction of sp³-hybridized carbons (Fsp3) is 0.417. The number of fused-ring (bicyclic) bond motifs is 3. The number of nitrogens with zero attached hydrogens (tertiary/aromatic N) is 3. The van der Waals surface area contributed by atoms with E-state index in [2.05, 4.69) is 20.4 Å². The highest BCUT2D eigenvalue weighted by atomic mass is 32.2. The molecule has 5 rings (SSSR count). The number of benzene rings is 2. The number of nitrogens with one attached hydrogen (secondary N) is 2. The summed E-state index contributed by atoms with van der Waals surface area (Å²) in [7, 11) is -3.66. The Hall–Kier alpha value is -3.11. The first-order chi connectivity index (χ1) is 16.3. The lowest BCUT2D eigenvalue weighted by Crippen LogP contribution is -2.40. The number of hydrogen-bond donors (Lipinski definition) is 2. The van der Waals surface area contributed by atoms with Crippen molar-refractivity contribution < 1.29 is 13.2 Å². The zero-order valence-electron chi connectivity index (χ0n) is 18.8. The topological polar surface area (TPSA) is 123 Å². The minimum absolute atomic E-state index is 0.110. The summed E-state index contributed by atoms with van der Waals surface area (Å²) < 4.78 is 29.6. The summed E-state index contributed by atoms with van der Waals surface area (Å²) >= 11 is 0. The molecule has 10 heteroatoms. The molecule has 0 aliphatic heterocycles. The van der Waals surface area contributed by atoms with E-state index in [1.54, 1.807) is 24.3 Å². The normalized spacial score (nSPS) is 22.7. The Kier molecular flexibility index (Phi) is 5.95. The van der Waals surface area contributed by atoms with Gasteiger partial charge in [-0.1, -0.05) is 23.8 Å². The maximum atomic E-state index is 12.9. The fourth-order valence-corrected chi connectivity index (χ4v) is 6.78. The molecule has 2 aliphatic rings. The van der Waals surface area contributed by atoms with Gasteiger partial charge in [0.25, 0.3) is 5.56 Å². The third-order valence-corrected chi connectivity index (χ3v) is 8.72. The third kappa shape index (κ3) is 4.47. The van der Waals surface area contributed by atoms with E-state index in [0.717, 1.165) is 17.0 Å². The van der Waals surface area contributed by atoms with Crippen LogP contribution >= 0.6 is 0 Å². The van der Waals surface area contributed by atoms with E-state index in [9.17, 15) is 18.0 Å². The highest BCUT2D eigenvalue weighted by Crippen LogP contribution is 2.49. The largest absolute Gasteiger partial charge is 0.324 e. The van der Waals surface area contributed by atoms with Crippen LogP contribution in [0.3, 0.4) is 0 Å². The van der Waals surface area contributed by atoms with Gasteiger partial charge in [-0.15, -0.1) is 5.10 Å². The summed E-state index contributed by atoms with van der Waals surface area (Å²) in [6.07, 6.45) is 4.80. The van der Waals surface area contributed by atoms with Gasteiger partial charge in [-0.3, -0.25) is 9.59 Å². The molecule has 0 radical (unpaired) electrons. The standard InChI is InChI=1S/C24H27N5O4S/c1-15(21-13-16-6-7-17(21)12-16)27-34(32,33)19-10-8-18(9-11-19)25-23(30)14-29-24(31)20-4-2-3-5-22(20)26-28-29/h2-5,8-11,15-17,21,27H,6-7,12-14H2,1H3,(H,25,30)/t15-,16-,17-,21-/m0/s1. The van der Waals surface area contributed by atoms with Crippen molar-refractivity contribution in [2.75, 3.05) is 5.32 Å². The molecule has 2 bridgehead atoms. The molecule has 0 spiro atoms. The van der Waals surface area contributed by atoms with E-state index in [4.69, 9.17) is 0 Å². The molecule has 34 heavy (non-hydrogen) atoms. The molecule has 2 N–H and O–H groups in total. The van der Waals surface area contributed by atoms with E-state index in [-0.39, 0.29) is 17.5 Å². The van der Waals surface area contributed by atoms with Gasteiger partial charge in [-0.2, -0.15) is 0 Å². The highest BCUT2D eigenvalue weighted by molar-refractivity contribution is 7.89. The molecule has 2 fully saturated rings. The van der Waals surface area contributed by atoms with Crippen LogP contribution in [-0.4, -0.2) is 35.4 Å². The number of amides is 1. The van der Waals surface area contributed by atoms with Crippen molar-refractivity contribution in [3.05, 3.63) is 58.9 Å². The van der Waals surface area contributed by atoms with Gasteiger partial charge in [0.15, 0.2) is 0 Å². The van der Waals surface area contributed by atoms with Crippen LogP contribution in [0.1, 0.15) is 32.6 Å². The van der Waals surface area contributed by atoms with Crippen LogP contribution in [0.25, 0.3) is 10.9 Å². The van der Waals surface area contributed by atoms with Gasteiger partial charge in [0.05, 0.1) is 10.3 Å². The first kappa shape index (κ1) is 22.7. The van der Waals surface area contributed by atoms with Gasteiger partial charge in [0, 0.05) is 11.7 Å². The SMILES string of the molecule is C[C@H](NS(=O)(=O)c1ccc(NC(=O)Cn2nnc3ccccc3c2=O)cc1)[C@@H]1C[C@H]2CC[C@H]1C2. The first-order valence-electron chi connectivity index (χ1n) is 11.5. The molecule has 0 saturated heterocycles. The van der Waals surface area contributed by atoms with Crippen LogP contribution < -0.4 is 15.6 Å². The van der Waals surface area contributed by atoms with Crippen molar-refractivity contribution in [2.45, 2.75) is 50.1 Å². The fourth-order valence-electron chi connectivity index (χ4n) is 5.49. The van der Waals surface area contributed by atoms with E-state index >= 15 is 0 Å². The van der Waals surface area contributed by atoms with Crippen LogP contribution in [-0.2, 0) is 21.4 Å². The summed E-state index contributed by atoms with van der Waals surface area (Å²) in [4.78, 5) is 25.1. The summed E-state index contributed by atoms with van der Waals surface area (Å²) in [5.41, 5.74) is 0.481. The van der Waals surface area contributed by atoms with Gasteiger partial charge in [-0.25, -0.2) is 17.8 Å². The van der Waals surface area contributed by atoms with Crippen molar-refractivity contribution in [2.24, 2.45) is 17.8 Å². The van der Waals surface area contributed by atoms with Crippen LogP contribution in [0.4, 0.5) is 5.69 Å². The smallest absolute Gasteiger partial charge is 0.278 e. The number of rotatable bonds is 7. The van der Waals surface area contributed by atoms with Gasteiger partial charge in [0.2, 0.25) is 15.9 Å². The lowest BCUT2D eigenvalue weighted by molar-refractivity contribution is -0.117. The molecule has 2 aliphatic carbocycles. The van der Waals surface area contributed by atoms with E-state index < -0.39 is 21.5 Å². The van der Waals surface area contributed by atoms with Gasteiger partial charge >= 0.3 is 0 Å². The number of aromatic nitrogens is 3. The molecule has 4 atom stereocenters. The average Bonchev–Trinajstić information content (AvgIpc) is 3.45.